The first kappa shape index (κ1) is 43.1. The van der Waals surface area contributed by atoms with Gasteiger partial charge in [-0.15, -0.1) is 13.2 Å². The predicted octanol–water partition coefficient (Wildman–Crippen LogP) is 9.53. The summed E-state index contributed by atoms with van der Waals surface area (Å²) in [6.07, 6.45) is -0.326. The summed E-state index contributed by atoms with van der Waals surface area (Å²) in [7, 11) is 0. The molecular formula is C48H53F6NO7. The number of aliphatic hydroxyl groups is 2. The molecule has 2 aromatic rings. The van der Waals surface area contributed by atoms with Crippen LogP contribution in [0, 0.1) is 44.3 Å². The van der Waals surface area contributed by atoms with Crippen molar-refractivity contribution in [1.29, 1.82) is 0 Å². The van der Waals surface area contributed by atoms with E-state index in [1.54, 1.807) is 6.92 Å². The van der Waals surface area contributed by atoms with Gasteiger partial charge in [0.05, 0.1) is 29.2 Å². The lowest BCUT2D eigenvalue weighted by molar-refractivity contribution is -0.274. The molecule has 4 saturated carbocycles. The second-order valence-corrected chi connectivity index (χ2v) is 20.7. The second kappa shape index (κ2) is 13.2. The Morgan fingerprint density at radius 1 is 0.855 bits per heavy atom. The van der Waals surface area contributed by atoms with Crippen LogP contribution in [0.25, 0.3) is 0 Å². The van der Waals surface area contributed by atoms with E-state index in [4.69, 9.17) is 4.74 Å². The quantitative estimate of drug-likeness (QED) is 0.118. The topological polar surface area (TPSA) is 113 Å². The van der Waals surface area contributed by atoms with Gasteiger partial charge >= 0.3 is 18.5 Å². The summed E-state index contributed by atoms with van der Waals surface area (Å²) in [5.41, 5.74) is -8.45. The van der Waals surface area contributed by atoms with E-state index in [-0.39, 0.29) is 37.4 Å². The van der Waals surface area contributed by atoms with Crippen LogP contribution in [-0.2, 0) is 27.0 Å². The molecule has 1 unspecified atom stereocenters. The van der Waals surface area contributed by atoms with Crippen molar-refractivity contribution in [2.75, 3.05) is 6.54 Å². The number of hydrogen-bond acceptors (Lipinski definition) is 7. The van der Waals surface area contributed by atoms with E-state index in [0.717, 1.165) is 24.3 Å². The zero-order chi connectivity index (χ0) is 44.9. The lowest BCUT2D eigenvalue weighted by atomic mass is 9.32. The molecule has 2 N–H and O–H groups in total. The first-order valence-corrected chi connectivity index (χ1v) is 21.6. The van der Waals surface area contributed by atoms with Crippen LogP contribution in [0.15, 0.2) is 72.3 Å². The van der Waals surface area contributed by atoms with Gasteiger partial charge in [0.25, 0.3) is 5.91 Å². The van der Waals surface area contributed by atoms with Crippen molar-refractivity contribution in [2.24, 2.45) is 44.3 Å². The van der Waals surface area contributed by atoms with Crippen molar-refractivity contribution >= 4 is 17.7 Å². The Balaban J connectivity index is 1.12. The lowest BCUT2D eigenvalue weighted by Crippen LogP contribution is -2.67. The maximum Gasteiger partial charge on any atom is 0.573 e. The number of esters is 1. The number of ketones is 1. The number of rotatable bonds is 8. The van der Waals surface area contributed by atoms with Crippen LogP contribution in [0.5, 0.6) is 5.75 Å². The van der Waals surface area contributed by atoms with Gasteiger partial charge in [-0.2, -0.15) is 13.2 Å². The fourth-order valence-corrected chi connectivity index (χ4v) is 14.1. The van der Waals surface area contributed by atoms with Gasteiger partial charge in [-0.3, -0.25) is 14.4 Å². The molecule has 4 bridgehead atoms. The van der Waals surface area contributed by atoms with Crippen LogP contribution in [0.1, 0.15) is 114 Å². The van der Waals surface area contributed by atoms with Gasteiger partial charge < -0.3 is 24.6 Å². The molecule has 62 heavy (non-hydrogen) atoms. The highest BCUT2D eigenvalue weighted by atomic mass is 19.4. The van der Waals surface area contributed by atoms with Gasteiger partial charge in [-0.1, -0.05) is 70.2 Å². The van der Waals surface area contributed by atoms with Gasteiger partial charge in [0.15, 0.2) is 11.4 Å². The fourth-order valence-electron chi connectivity index (χ4n) is 14.1. The van der Waals surface area contributed by atoms with E-state index in [1.165, 1.54) is 29.2 Å². The van der Waals surface area contributed by atoms with Crippen molar-refractivity contribution in [1.82, 2.24) is 4.90 Å². The minimum absolute atomic E-state index is 0.102. The maximum atomic E-state index is 15.3. The Morgan fingerprint density at radius 3 is 2.15 bits per heavy atom. The molecule has 1 heterocycles. The number of nitrogens with zero attached hydrogens (tertiary/aromatic N) is 1. The molecule has 1 amide bonds. The Kier molecular flexibility index (Phi) is 9.18. The maximum absolute atomic E-state index is 15.3. The first-order chi connectivity index (χ1) is 28.7. The van der Waals surface area contributed by atoms with Crippen LogP contribution in [-0.4, -0.2) is 63.0 Å². The minimum atomic E-state index is -4.91. The molecule has 0 radical (unpaired) electrons. The number of hydrogen-bond donors (Lipinski definition) is 2. The summed E-state index contributed by atoms with van der Waals surface area (Å²) in [6.45, 7) is 9.22. The molecule has 2 aromatic carbocycles. The molecule has 8 aliphatic rings. The number of halogens is 6. The number of benzene rings is 2. The molecule has 1 saturated heterocycles. The number of Topliss-reactive ketones (excluding diaryl/α,β-unsaturated/α-hetero) is 1. The number of carbonyl (C=O) groups excluding carboxylic acids is 3. The van der Waals surface area contributed by atoms with Gasteiger partial charge in [-0.05, 0) is 112 Å². The highest BCUT2D eigenvalue weighted by Gasteiger charge is 2.78. The predicted molar refractivity (Wildman–Crippen MR) is 213 cm³/mol. The number of ether oxygens (including phenoxy) is 2. The van der Waals surface area contributed by atoms with Crippen molar-refractivity contribution < 1.29 is 60.4 Å². The van der Waals surface area contributed by atoms with E-state index in [0.29, 0.717) is 56.1 Å². The Labute approximate surface area is 356 Å². The van der Waals surface area contributed by atoms with Crippen molar-refractivity contribution in [3.05, 3.63) is 89.0 Å². The molecule has 8 nitrogen and oxygen atoms in total. The summed E-state index contributed by atoms with van der Waals surface area (Å²) in [5, 5.41) is 24.4. The molecule has 2 spiro atoms. The van der Waals surface area contributed by atoms with Crippen molar-refractivity contribution in [2.45, 2.75) is 129 Å². The van der Waals surface area contributed by atoms with Gasteiger partial charge in [0.2, 0.25) is 0 Å². The summed E-state index contributed by atoms with van der Waals surface area (Å²) in [4.78, 5) is 45.1. The first-order valence-electron chi connectivity index (χ1n) is 21.6. The number of carbonyl (C=O) groups is 3. The summed E-state index contributed by atoms with van der Waals surface area (Å²) < 4.78 is 91.4. The Morgan fingerprint density at radius 2 is 1.52 bits per heavy atom. The number of allylic oxidation sites excluding steroid dienone is 4. The minimum Gasteiger partial charge on any atom is -0.448 e. The smallest absolute Gasteiger partial charge is 0.448 e. The third kappa shape index (κ3) is 5.62. The number of amides is 1. The zero-order valence-corrected chi connectivity index (χ0v) is 35.5. The highest BCUT2D eigenvalue weighted by Crippen LogP contribution is 2.78. The average molecular weight is 870 g/mol. The molecule has 0 aromatic heterocycles. The SMILES string of the molecule is CC1(C)[C@@]2(C)CC[C@]1(C(=O)N(Cc1ccc(OC(F)(F)F)cc1)C[C@]1(O)CC[C@H]3[C@]45C=C[C@@]6(C=C4C(=O)c4cccc(C(F)(F)F)c4)CC(O)CC[C@]6(C)[C@H]5CC[C@@]31C)OC2=O. The molecule has 334 valence electrons. The van der Waals surface area contributed by atoms with Crippen molar-refractivity contribution in [3.8, 4) is 5.75 Å². The highest BCUT2D eigenvalue weighted by molar-refractivity contribution is 6.10. The Hall–Kier alpha value is -4.17. The van der Waals surface area contributed by atoms with Crippen molar-refractivity contribution in [3.63, 3.8) is 0 Å². The summed E-state index contributed by atoms with van der Waals surface area (Å²) in [5.74, 6) is -2.57. The summed E-state index contributed by atoms with van der Waals surface area (Å²) >= 11 is 0. The molecule has 1 aliphatic heterocycles. The van der Waals surface area contributed by atoms with E-state index in [9.17, 15) is 46.1 Å². The molecule has 10 rings (SSSR count). The van der Waals surface area contributed by atoms with Gasteiger partial charge in [0, 0.05) is 39.3 Å². The monoisotopic (exact) mass is 869 g/mol. The zero-order valence-electron chi connectivity index (χ0n) is 35.5. The lowest BCUT2D eigenvalue weighted by Gasteiger charge is -2.71. The number of aliphatic hydroxyl groups excluding tert-OH is 1. The van der Waals surface area contributed by atoms with Gasteiger partial charge in [0.1, 0.15) is 5.75 Å². The van der Waals surface area contributed by atoms with E-state index in [1.807, 2.05) is 26.8 Å². The van der Waals surface area contributed by atoms with Crippen LogP contribution in [0.4, 0.5) is 26.3 Å². The summed E-state index contributed by atoms with van der Waals surface area (Å²) in [6, 6.07) is 9.56. The average Bonchev–Trinajstić information content (AvgIpc) is 3.64. The van der Waals surface area contributed by atoms with Crippen LogP contribution in [0.2, 0.25) is 0 Å². The second-order valence-electron chi connectivity index (χ2n) is 20.7. The van der Waals surface area contributed by atoms with E-state index in [2.05, 4.69) is 23.8 Å². The number of alkyl halides is 6. The molecule has 14 heteroatoms. The van der Waals surface area contributed by atoms with Gasteiger partial charge in [-0.25, -0.2) is 0 Å². The molecular weight excluding hydrogens is 817 g/mol. The molecule has 7 aliphatic carbocycles. The third-order valence-corrected chi connectivity index (χ3v) is 18.1. The fraction of sp³-hybridized carbons (Fsp3) is 0.604. The van der Waals surface area contributed by atoms with E-state index >= 15 is 4.79 Å². The largest absolute Gasteiger partial charge is 0.573 e. The number of fused-ring (bicyclic) bond motifs is 3. The van der Waals surface area contributed by atoms with Crippen LogP contribution in [0.3, 0.4) is 0 Å². The van der Waals surface area contributed by atoms with Crippen LogP contribution < -0.4 is 4.74 Å². The molecule has 5 fully saturated rings. The molecule has 10 atom stereocenters. The normalized spacial score (nSPS) is 40.0. The Bertz CT molecular complexity index is 2310. The van der Waals surface area contributed by atoms with Crippen LogP contribution >= 0.6 is 0 Å². The third-order valence-electron chi connectivity index (χ3n) is 18.1. The standard InChI is InChI=1S/C48H53F6NO7/c1-39(2)42(5)19-22-46(39,62-38(42)59)37(58)55(26-28-9-11-32(12-10-28)61-48(52,53)54)27-44(60)18-15-35-41(44,4)17-14-34-40(3)16-13-31(56)24-43(40)20-21-45(34,35)33(25-43)36(57)29-7-6-8-30(23-29)47(49,50)51/h6-12,20-21,23,25,31,34-35,56,60H,13-19,22,24,26-27H2,1-5H3/t31?,34-,35-,40-,41+,42+,43+,44-,45-,46-/m1/s1. The van der Waals surface area contributed by atoms with E-state index < -0.39 is 97.2 Å².